The van der Waals surface area contributed by atoms with Crippen LogP contribution in [0.25, 0.3) is 0 Å². The van der Waals surface area contributed by atoms with E-state index in [2.05, 4.69) is 5.32 Å². The predicted molar refractivity (Wildman–Crippen MR) is 75.3 cm³/mol. The van der Waals surface area contributed by atoms with E-state index in [-0.39, 0.29) is 6.61 Å². The molecule has 1 rings (SSSR count). The molecule has 0 fully saturated rings. The van der Waals surface area contributed by atoms with Crippen LogP contribution in [-0.4, -0.2) is 22.7 Å². The average molecular weight is 279 g/mol. The highest BCUT2D eigenvalue weighted by Gasteiger charge is 2.34. The van der Waals surface area contributed by atoms with Gasteiger partial charge in [0.15, 0.2) is 0 Å². The Kier molecular flexibility index (Phi) is 6.03. The van der Waals surface area contributed by atoms with E-state index < -0.39 is 17.6 Å². The molecule has 1 atom stereocenters. The number of benzene rings is 1. The summed E-state index contributed by atoms with van der Waals surface area (Å²) >= 11 is 0. The number of alkyl carbamates (subject to hydrolysis) is 1. The predicted octanol–water partition coefficient (Wildman–Crippen LogP) is 2.95. The summed E-state index contributed by atoms with van der Waals surface area (Å²) in [6.45, 7) is 3.58. The summed E-state index contributed by atoms with van der Waals surface area (Å²) in [4.78, 5) is 23.0. The van der Waals surface area contributed by atoms with Crippen LogP contribution in [0.4, 0.5) is 4.79 Å². The number of aliphatic carboxylic acids is 1. The second kappa shape index (κ2) is 7.53. The highest BCUT2D eigenvalue weighted by atomic mass is 16.5. The van der Waals surface area contributed by atoms with Gasteiger partial charge in [-0.25, -0.2) is 9.59 Å². The Morgan fingerprint density at radius 1 is 1.30 bits per heavy atom. The topological polar surface area (TPSA) is 75.6 Å². The number of carboxylic acid groups (broad SMARTS) is 1. The van der Waals surface area contributed by atoms with Gasteiger partial charge in [0.2, 0.25) is 0 Å². The molecule has 0 bridgehead atoms. The number of amides is 1. The van der Waals surface area contributed by atoms with Crippen molar-refractivity contribution >= 4 is 12.1 Å². The molecule has 20 heavy (non-hydrogen) atoms. The Labute approximate surface area is 118 Å². The van der Waals surface area contributed by atoms with Crippen LogP contribution >= 0.6 is 0 Å². The number of carbonyl (C=O) groups is 2. The minimum atomic E-state index is -1.29. The van der Waals surface area contributed by atoms with Crippen LogP contribution in [0.1, 0.15) is 38.7 Å². The lowest BCUT2D eigenvalue weighted by Crippen LogP contribution is -2.52. The maximum atomic E-state index is 11.7. The minimum Gasteiger partial charge on any atom is -0.480 e. The lowest BCUT2D eigenvalue weighted by Gasteiger charge is -2.25. The molecule has 1 aromatic carbocycles. The smallest absolute Gasteiger partial charge is 0.408 e. The Morgan fingerprint density at radius 2 is 1.95 bits per heavy atom. The SMILES string of the molecule is CCCC[C@@](C)(NC(=O)OCc1ccccc1)C(=O)O. The highest BCUT2D eigenvalue weighted by Crippen LogP contribution is 2.15. The molecule has 1 amide bonds. The lowest BCUT2D eigenvalue weighted by atomic mass is 9.95. The number of nitrogens with one attached hydrogen (secondary N) is 1. The van der Waals surface area contributed by atoms with Crippen molar-refractivity contribution in [3.8, 4) is 0 Å². The van der Waals surface area contributed by atoms with Crippen molar-refractivity contribution in [1.82, 2.24) is 5.32 Å². The molecule has 0 aromatic heterocycles. The zero-order chi connectivity index (χ0) is 15.0. The van der Waals surface area contributed by atoms with E-state index in [0.717, 1.165) is 18.4 Å². The van der Waals surface area contributed by atoms with E-state index in [1.165, 1.54) is 6.92 Å². The number of hydrogen-bond donors (Lipinski definition) is 2. The fraction of sp³-hybridized carbons (Fsp3) is 0.467. The molecule has 110 valence electrons. The van der Waals surface area contributed by atoms with Gasteiger partial charge in [-0.1, -0.05) is 50.1 Å². The Balaban J connectivity index is 2.52. The average Bonchev–Trinajstić information content (AvgIpc) is 2.44. The van der Waals surface area contributed by atoms with Crippen LogP contribution in [0, 0.1) is 0 Å². The molecular weight excluding hydrogens is 258 g/mol. The Morgan fingerprint density at radius 3 is 2.50 bits per heavy atom. The van der Waals surface area contributed by atoms with Crippen molar-refractivity contribution in [3.63, 3.8) is 0 Å². The molecule has 0 aliphatic rings. The number of unbranched alkanes of at least 4 members (excludes halogenated alkanes) is 1. The second-order valence-electron chi connectivity index (χ2n) is 4.93. The fourth-order valence-electron chi connectivity index (χ4n) is 1.74. The van der Waals surface area contributed by atoms with Gasteiger partial charge < -0.3 is 15.2 Å². The van der Waals surface area contributed by atoms with Gasteiger partial charge in [-0.05, 0) is 18.9 Å². The number of carboxylic acids is 1. The third-order valence-electron chi connectivity index (χ3n) is 3.09. The third kappa shape index (κ3) is 4.91. The first kappa shape index (κ1) is 16.0. The number of ether oxygens (including phenoxy) is 1. The van der Waals surface area contributed by atoms with Gasteiger partial charge in [-0.3, -0.25) is 0 Å². The zero-order valence-corrected chi connectivity index (χ0v) is 11.9. The number of hydrogen-bond acceptors (Lipinski definition) is 3. The second-order valence-corrected chi connectivity index (χ2v) is 4.93. The van der Waals surface area contributed by atoms with Gasteiger partial charge in [0, 0.05) is 0 Å². The van der Waals surface area contributed by atoms with Crippen LogP contribution in [0.5, 0.6) is 0 Å². The van der Waals surface area contributed by atoms with E-state index in [9.17, 15) is 14.7 Å². The van der Waals surface area contributed by atoms with Crippen molar-refractivity contribution in [3.05, 3.63) is 35.9 Å². The molecule has 0 radical (unpaired) electrons. The van der Waals surface area contributed by atoms with Crippen LogP contribution < -0.4 is 5.32 Å². The first-order valence-corrected chi connectivity index (χ1v) is 6.70. The van der Waals surface area contributed by atoms with Crippen LogP contribution in [-0.2, 0) is 16.1 Å². The van der Waals surface area contributed by atoms with E-state index in [1.54, 1.807) is 0 Å². The summed E-state index contributed by atoms with van der Waals surface area (Å²) in [7, 11) is 0. The molecule has 0 saturated heterocycles. The molecule has 1 aromatic rings. The Hall–Kier alpha value is -2.04. The van der Waals surface area contributed by atoms with Crippen LogP contribution in [0.15, 0.2) is 30.3 Å². The molecule has 0 heterocycles. The molecule has 5 heteroatoms. The molecule has 0 saturated carbocycles. The quantitative estimate of drug-likeness (QED) is 0.804. The standard InChI is InChI=1S/C15H21NO4/c1-3-4-10-15(2,13(17)18)16-14(19)20-11-12-8-6-5-7-9-12/h5-9H,3-4,10-11H2,1-2H3,(H,16,19)(H,17,18)/t15-/m1/s1. The van der Waals surface area contributed by atoms with E-state index in [0.29, 0.717) is 6.42 Å². The van der Waals surface area contributed by atoms with Crippen molar-refractivity contribution in [1.29, 1.82) is 0 Å². The van der Waals surface area contributed by atoms with Gasteiger partial charge in [0.1, 0.15) is 12.1 Å². The first-order valence-electron chi connectivity index (χ1n) is 6.70. The lowest BCUT2D eigenvalue weighted by molar-refractivity contribution is -0.144. The summed E-state index contributed by atoms with van der Waals surface area (Å²) in [6, 6.07) is 9.23. The summed E-state index contributed by atoms with van der Waals surface area (Å²) in [5.74, 6) is -1.05. The normalized spacial score (nSPS) is 13.3. The van der Waals surface area contributed by atoms with Crippen LogP contribution in [0.2, 0.25) is 0 Å². The maximum Gasteiger partial charge on any atom is 0.408 e. The van der Waals surface area contributed by atoms with Gasteiger partial charge in [-0.2, -0.15) is 0 Å². The van der Waals surface area contributed by atoms with E-state index in [4.69, 9.17) is 4.74 Å². The van der Waals surface area contributed by atoms with E-state index in [1.807, 2.05) is 37.3 Å². The molecular formula is C15H21NO4. The van der Waals surface area contributed by atoms with Crippen molar-refractivity contribution < 1.29 is 19.4 Å². The fourth-order valence-corrected chi connectivity index (χ4v) is 1.74. The van der Waals surface area contributed by atoms with Gasteiger partial charge in [-0.15, -0.1) is 0 Å². The molecule has 0 aliphatic heterocycles. The maximum absolute atomic E-state index is 11.7. The summed E-state index contributed by atoms with van der Waals surface area (Å²) in [5, 5.41) is 11.7. The molecule has 0 aliphatic carbocycles. The van der Waals surface area contributed by atoms with Crippen molar-refractivity contribution in [2.45, 2.75) is 45.3 Å². The molecule has 5 nitrogen and oxygen atoms in total. The Bertz CT molecular complexity index is 446. The van der Waals surface area contributed by atoms with Gasteiger partial charge in [0.05, 0.1) is 0 Å². The number of rotatable bonds is 7. The number of carbonyl (C=O) groups excluding carboxylic acids is 1. The van der Waals surface area contributed by atoms with Gasteiger partial charge >= 0.3 is 12.1 Å². The van der Waals surface area contributed by atoms with Crippen LogP contribution in [0.3, 0.4) is 0 Å². The largest absolute Gasteiger partial charge is 0.480 e. The molecule has 0 unspecified atom stereocenters. The first-order chi connectivity index (χ1) is 9.48. The monoisotopic (exact) mass is 279 g/mol. The molecule has 2 N–H and O–H groups in total. The van der Waals surface area contributed by atoms with Crippen molar-refractivity contribution in [2.75, 3.05) is 0 Å². The third-order valence-corrected chi connectivity index (χ3v) is 3.09. The summed E-state index contributed by atoms with van der Waals surface area (Å²) < 4.78 is 5.04. The van der Waals surface area contributed by atoms with Crippen molar-refractivity contribution in [2.24, 2.45) is 0 Å². The minimum absolute atomic E-state index is 0.121. The zero-order valence-electron chi connectivity index (χ0n) is 11.9. The highest BCUT2D eigenvalue weighted by molar-refractivity contribution is 5.83. The molecule has 0 spiro atoms. The summed E-state index contributed by atoms with van der Waals surface area (Å²) in [5.41, 5.74) is -0.433. The summed E-state index contributed by atoms with van der Waals surface area (Å²) in [6.07, 6.45) is 1.25. The van der Waals surface area contributed by atoms with E-state index >= 15 is 0 Å². The van der Waals surface area contributed by atoms with Gasteiger partial charge in [0.25, 0.3) is 0 Å².